The molecule has 2 heterocycles. The van der Waals surface area contributed by atoms with Crippen LogP contribution in [0.4, 0.5) is 0 Å². The minimum atomic E-state index is -0.173. The molecule has 1 aliphatic rings. The molecule has 0 spiro atoms. The summed E-state index contributed by atoms with van der Waals surface area (Å²) in [6.45, 7) is 3.88. The number of fused-ring (bicyclic) bond motifs is 1. The average molecular weight is 446 g/mol. The third-order valence-electron chi connectivity index (χ3n) is 5.64. The summed E-state index contributed by atoms with van der Waals surface area (Å²) in [6, 6.07) is 10.1. The third kappa shape index (κ3) is 4.16. The van der Waals surface area contributed by atoms with E-state index >= 15 is 0 Å². The van der Waals surface area contributed by atoms with Gasteiger partial charge in [-0.3, -0.25) is 14.0 Å². The summed E-state index contributed by atoms with van der Waals surface area (Å²) in [7, 11) is 3.47. The lowest BCUT2D eigenvalue weighted by molar-refractivity contribution is 0.0942. The number of aromatic nitrogens is 4. The van der Waals surface area contributed by atoms with Crippen molar-refractivity contribution in [3.05, 3.63) is 54.6 Å². The summed E-state index contributed by atoms with van der Waals surface area (Å²) in [5.41, 5.74) is 5.11. The molecular weight excluding hydrogens is 418 g/mol. The molecule has 1 fully saturated rings. The molecule has 8 nitrogen and oxygen atoms in total. The number of ether oxygens (including phenoxy) is 2. The molecule has 1 saturated carbocycles. The number of amides is 1. The first-order valence-corrected chi connectivity index (χ1v) is 11.1. The Bertz CT molecular complexity index is 1330. The van der Waals surface area contributed by atoms with Gasteiger partial charge < -0.3 is 14.8 Å². The fraction of sp³-hybridized carbons (Fsp3) is 0.320. The number of nitrogens with one attached hydrogen (secondary N) is 1. The summed E-state index contributed by atoms with van der Waals surface area (Å²) in [4.78, 5) is 17.6. The molecule has 0 saturated heterocycles. The maximum Gasteiger partial charge on any atom is 0.259 e. The topological polar surface area (TPSA) is 83.2 Å². The van der Waals surface area contributed by atoms with Gasteiger partial charge in [0.05, 0.1) is 36.1 Å². The van der Waals surface area contributed by atoms with E-state index in [-0.39, 0.29) is 18.1 Å². The highest BCUT2D eigenvalue weighted by Crippen LogP contribution is 2.35. The molecule has 2 aromatic carbocycles. The van der Waals surface area contributed by atoms with Crippen molar-refractivity contribution in [2.75, 3.05) is 7.11 Å². The molecule has 0 radical (unpaired) electrons. The molecule has 0 bridgehead atoms. The van der Waals surface area contributed by atoms with Crippen LogP contribution >= 0.6 is 0 Å². The molecule has 0 atom stereocenters. The molecule has 0 aliphatic heterocycles. The Morgan fingerprint density at radius 2 is 1.94 bits per heavy atom. The first-order valence-electron chi connectivity index (χ1n) is 11.1. The van der Waals surface area contributed by atoms with E-state index in [4.69, 9.17) is 9.47 Å². The van der Waals surface area contributed by atoms with Gasteiger partial charge in [-0.25, -0.2) is 4.98 Å². The molecule has 5 rings (SSSR count). The molecule has 0 unspecified atom stereocenters. The SMILES string of the molecule is COc1cc(-n2cnc3cc(-c4cnn(C)c4)ccc32)cc(OC(C)C)c1C(=O)NC1CC1. The maximum absolute atomic E-state index is 13.0. The molecule has 1 aliphatic carbocycles. The minimum Gasteiger partial charge on any atom is -0.496 e. The summed E-state index contributed by atoms with van der Waals surface area (Å²) >= 11 is 0. The highest BCUT2D eigenvalue weighted by atomic mass is 16.5. The minimum absolute atomic E-state index is 0.0981. The van der Waals surface area contributed by atoms with E-state index < -0.39 is 0 Å². The van der Waals surface area contributed by atoms with Crippen LogP contribution in [0.2, 0.25) is 0 Å². The van der Waals surface area contributed by atoms with Gasteiger partial charge >= 0.3 is 0 Å². The van der Waals surface area contributed by atoms with Crippen LogP contribution in [-0.4, -0.2) is 44.5 Å². The zero-order valence-corrected chi connectivity index (χ0v) is 19.2. The summed E-state index contributed by atoms with van der Waals surface area (Å²) in [6.07, 6.45) is 7.51. The van der Waals surface area contributed by atoms with E-state index in [0.29, 0.717) is 17.1 Å². The fourth-order valence-electron chi connectivity index (χ4n) is 3.90. The highest BCUT2D eigenvalue weighted by molar-refractivity contribution is 6.00. The predicted molar refractivity (Wildman–Crippen MR) is 126 cm³/mol. The lowest BCUT2D eigenvalue weighted by atomic mass is 10.1. The smallest absolute Gasteiger partial charge is 0.259 e. The van der Waals surface area contributed by atoms with Crippen molar-refractivity contribution in [1.29, 1.82) is 0 Å². The molecule has 4 aromatic rings. The Balaban J connectivity index is 1.58. The zero-order chi connectivity index (χ0) is 23.1. The van der Waals surface area contributed by atoms with Gasteiger partial charge in [-0.1, -0.05) is 6.07 Å². The van der Waals surface area contributed by atoms with Crippen LogP contribution in [0.3, 0.4) is 0 Å². The van der Waals surface area contributed by atoms with Crippen molar-refractivity contribution < 1.29 is 14.3 Å². The molecule has 8 heteroatoms. The van der Waals surface area contributed by atoms with Crippen LogP contribution in [-0.2, 0) is 7.05 Å². The number of hydrogen-bond acceptors (Lipinski definition) is 5. The molecule has 2 aromatic heterocycles. The van der Waals surface area contributed by atoms with Crippen molar-refractivity contribution >= 4 is 16.9 Å². The van der Waals surface area contributed by atoms with Gasteiger partial charge in [0.1, 0.15) is 23.4 Å². The average Bonchev–Trinajstić information content (AvgIpc) is 3.32. The first-order chi connectivity index (χ1) is 15.9. The number of carbonyl (C=O) groups is 1. The fourth-order valence-corrected chi connectivity index (χ4v) is 3.90. The Hall–Kier alpha value is -3.81. The van der Waals surface area contributed by atoms with Crippen molar-refractivity contribution in [3.8, 4) is 28.3 Å². The molecule has 1 amide bonds. The predicted octanol–water partition coefficient (Wildman–Crippen LogP) is 4.11. The second-order valence-corrected chi connectivity index (χ2v) is 8.66. The Morgan fingerprint density at radius 1 is 1.15 bits per heavy atom. The van der Waals surface area contributed by atoms with Crippen molar-refractivity contribution in [2.45, 2.75) is 38.8 Å². The van der Waals surface area contributed by atoms with Gasteiger partial charge in [-0.2, -0.15) is 5.10 Å². The number of methoxy groups -OCH3 is 1. The Labute approximate surface area is 192 Å². The van der Waals surface area contributed by atoms with E-state index in [1.165, 1.54) is 0 Å². The summed E-state index contributed by atoms with van der Waals surface area (Å²) < 4.78 is 15.4. The number of hydrogen-bond donors (Lipinski definition) is 1. The van der Waals surface area contributed by atoms with Gasteiger partial charge in [-0.15, -0.1) is 0 Å². The van der Waals surface area contributed by atoms with Crippen LogP contribution in [0.15, 0.2) is 49.1 Å². The summed E-state index contributed by atoms with van der Waals surface area (Å²) in [5.74, 6) is 0.787. The Morgan fingerprint density at radius 3 is 2.61 bits per heavy atom. The molecule has 170 valence electrons. The maximum atomic E-state index is 13.0. The van der Waals surface area contributed by atoms with E-state index in [2.05, 4.69) is 21.5 Å². The number of carbonyl (C=O) groups excluding carboxylic acids is 1. The lowest BCUT2D eigenvalue weighted by Crippen LogP contribution is -2.27. The molecule has 1 N–H and O–H groups in total. The van der Waals surface area contributed by atoms with E-state index in [1.807, 2.05) is 62.1 Å². The monoisotopic (exact) mass is 445 g/mol. The van der Waals surface area contributed by atoms with Crippen molar-refractivity contribution in [3.63, 3.8) is 0 Å². The van der Waals surface area contributed by atoms with Crippen molar-refractivity contribution in [2.24, 2.45) is 7.05 Å². The van der Waals surface area contributed by atoms with Gasteiger partial charge in [0.25, 0.3) is 5.91 Å². The van der Waals surface area contributed by atoms with Gasteiger partial charge in [0.2, 0.25) is 0 Å². The highest BCUT2D eigenvalue weighted by Gasteiger charge is 2.28. The quantitative estimate of drug-likeness (QED) is 0.463. The largest absolute Gasteiger partial charge is 0.496 e. The third-order valence-corrected chi connectivity index (χ3v) is 5.64. The number of nitrogens with zero attached hydrogens (tertiary/aromatic N) is 4. The van der Waals surface area contributed by atoms with Crippen LogP contribution in [0.1, 0.15) is 37.0 Å². The van der Waals surface area contributed by atoms with Gasteiger partial charge in [0.15, 0.2) is 0 Å². The Kier molecular flexibility index (Phi) is 5.28. The second kappa shape index (κ2) is 8.27. The van der Waals surface area contributed by atoms with Crippen LogP contribution < -0.4 is 14.8 Å². The van der Waals surface area contributed by atoms with E-state index in [9.17, 15) is 4.79 Å². The zero-order valence-electron chi connectivity index (χ0n) is 19.2. The second-order valence-electron chi connectivity index (χ2n) is 8.66. The lowest BCUT2D eigenvalue weighted by Gasteiger charge is -2.19. The summed E-state index contributed by atoms with van der Waals surface area (Å²) in [5, 5.41) is 7.29. The number of imidazole rings is 1. The van der Waals surface area contributed by atoms with Gasteiger partial charge in [0, 0.05) is 37.0 Å². The van der Waals surface area contributed by atoms with Crippen molar-refractivity contribution in [1.82, 2.24) is 24.6 Å². The number of rotatable bonds is 7. The van der Waals surface area contributed by atoms with Crippen LogP contribution in [0.5, 0.6) is 11.5 Å². The number of benzene rings is 2. The molecule has 33 heavy (non-hydrogen) atoms. The van der Waals surface area contributed by atoms with E-state index in [1.54, 1.807) is 18.1 Å². The first kappa shape index (κ1) is 21.1. The molecular formula is C25H27N5O3. The van der Waals surface area contributed by atoms with E-state index in [0.717, 1.165) is 40.7 Å². The van der Waals surface area contributed by atoms with Crippen LogP contribution in [0, 0.1) is 0 Å². The number of aryl methyl sites for hydroxylation is 1. The normalized spacial score (nSPS) is 13.5. The van der Waals surface area contributed by atoms with Crippen LogP contribution in [0.25, 0.3) is 27.8 Å². The standard InChI is InChI=1S/C25H27N5O3/c1-15(2)33-23-11-19(10-22(32-4)24(23)25(31)28-18-6-7-18)30-14-26-20-9-16(5-8-21(20)30)17-12-27-29(3)13-17/h5,8-15,18H,6-7H2,1-4H3,(H,28,31). The van der Waals surface area contributed by atoms with Gasteiger partial charge in [-0.05, 0) is 44.4 Å².